The van der Waals surface area contributed by atoms with E-state index in [9.17, 15) is 24.5 Å². The van der Waals surface area contributed by atoms with Crippen LogP contribution in [-0.2, 0) is 9.59 Å². The monoisotopic (exact) mass is 383 g/mol. The summed E-state index contributed by atoms with van der Waals surface area (Å²) in [6, 6.07) is 4.39. The molecule has 0 fully saturated rings. The maximum Gasteiger partial charge on any atom is 0.305 e. The molecule has 0 radical (unpaired) electrons. The molecule has 0 heterocycles. The molecule has 9 nitrogen and oxygen atoms in total. The number of thioether (sulfide) groups is 1. The molecule has 1 aromatic rings. The van der Waals surface area contributed by atoms with Crippen LogP contribution in [-0.4, -0.2) is 64.4 Å². The fourth-order valence-corrected chi connectivity index (χ4v) is 2.61. The summed E-state index contributed by atoms with van der Waals surface area (Å²) in [5.74, 6) is -1.41. The number of rotatable bonds is 10. The molecule has 0 aromatic heterocycles. The summed E-state index contributed by atoms with van der Waals surface area (Å²) < 4.78 is 0. The van der Waals surface area contributed by atoms with Gasteiger partial charge in [-0.1, -0.05) is 6.07 Å². The van der Waals surface area contributed by atoms with E-state index in [-0.39, 0.29) is 24.2 Å². The summed E-state index contributed by atoms with van der Waals surface area (Å²) >= 11 is 1.50. The van der Waals surface area contributed by atoms with E-state index < -0.39 is 28.7 Å². The molecule has 10 heteroatoms. The Balaban J connectivity index is 2.87. The highest BCUT2D eigenvalue weighted by atomic mass is 32.2. The molecule has 0 aliphatic carbocycles. The maximum absolute atomic E-state index is 12.5. The largest absolute Gasteiger partial charge is 0.481 e. The lowest BCUT2D eigenvalue weighted by atomic mass is 10.1. The predicted molar refractivity (Wildman–Crippen MR) is 97.2 cm³/mol. The highest BCUT2D eigenvalue weighted by Gasteiger charge is 2.25. The Bertz CT molecular complexity index is 682. The molecular weight excluding hydrogens is 362 g/mol. The molecule has 0 saturated heterocycles. The maximum atomic E-state index is 12.5. The van der Waals surface area contributed by atoms with Gasteiger partial charge in [0.2, 0.25) is 5.91 Å². The molecule has 2 N–H and O–H groups in total. The van der Waals surface area contributed by atoms with Crippen molar-refractivity contribution in [3.05, 3.63) is 39.9 Å². The Labute approximate surface area is 154 Å². The summed E-state index contributed by atoms with van der Waals surface area (Å²) in [6.45, 7) is 0.0244. The number of non-ortho nitro benzene ring substituents is 1. The van der Waals surface area contributed by atoms with Crippen LogP contribution in [0.15, 0.2) is 24.3 Å². The standard InChI is InChI=1S/C16H21N3O6S/c1-18(8-6-14(20)21)16(23)13(7-9-26-2)17-15(22)11-4-3-5-12(10-11)19(24)25/h3-5,10,13H,6-9H2,1-2H3,(H,17,22)(H,20,21). The summed E-state index contributed by atoms with van der Waals surface area (Å²) in [7, 11) is 1.47. The number of aliphatic carboxylic acids is 1. The number of nitrogens with zero attached hydrogens (tertiary/aromatic N) is 2. The molecule has 0 spiro atoms. The molecule has 1 rings (SSSR count). The lowest BCUT2D eigenvalue weighted by Gasteiger charge is -2.24. The van der Waals surface area contributed by atoms with Crippen LogP contribution in [0.5, 0.6) is 0 Å². The van der Waals surface area contributed by atoms with E-state index in [1.165, 1.54) is 41.9 Å². The van der Waals surface area contributed by atoms with Crippen molar-refractivity contribution >= 4 is 35.2 Å². The van der Waals surface area contributed by atoms with Crippen LogP contribution >= 0.6 is 11.8 Å². The normalized spacial score (nSPS) is 11.5. The van der Waals surface area contributed by atoms with Crippen molar-refractivity contribution in [1.29, 1.82) is 0 Å². The number of benzene rings is 1. The first kappa shape index (κ1) is 21.4. The number of carbonyl (C=O) groups excluding carboxylic acids is 2. The first-order chi connectivity index (χ1) is 12.3. The smallest absolute Gasteiger partial charge is 0.305 e. The molecule has 1 atom stereocenters. The van der Waals surface area contributed by atoms with Gasteiger partial charge < -0.3 is 15.3 Å². The minimum Gasteiger partial charge on any atom is -0.481 e. The number of nitro groups is 1. The van der Waals surface area contributed by atoms with Crippen LogP contribution in [0.2, 0.25) is 0 Å². The molecule has 26 heavy (non-hydrogen) atoms. The van der Waals surface area contributed by atoms with Gasteiger partial charge in [-0.15, -0.1) is 0 Å². The predicted octanol–water partition coefficient (Wildman–Crippen LogP) is 1.38. The fourth-order valence-electron chi connectivity index (χ4n) is 2.13. The third-order valence-electron chi connectivity index (χ3n) is 3.57. The van der Waals surface area contributed by atoms with Gasteiger partial charge in [0, 0.05) is 31.3 Å². The lowest BCUT2D eigenvalue weighted by molar-refractivity contribution is -0.384. The summed E-state index contributed by atoms with van der Waals surface area (Å²) in [4.78, 5) is 47.0. The number of amides is 2. The third-order valence-corrected chi connectivity index (χ3v) is 4.21. The summed E-state index contributed by atoms with van der Waals surface area (Å²) in [5, 5.41) is 22.1. The quantitative estimate of drug-likeness (QED) is 0.461. The van der Waals surface area contributed by atoms with E-state index >= 15 is 0 Å². The summed E-state index contributed by atoms with van der Waals surface area (Å²) in [5.41, 5.74) is -0.141. The molecule has 142 valence electrons. The average Bonchev–Trinajstić information content (AvgIpc) is 2.62. The van der Waals surface area contributed by atoms with E-state index in [2.05, 4.69) is 5.32 Å². The second-order valence-corrected chi connectivity index (χ2v) is 6.50. The van der Waals surface area contributed by atoms with Crippen molar-refractivity contribution in [3.63, 3.8) is 0 Å². The molecule has 1 unspecified atom stereocenters. The van der Waals surface area contributed by atoms with Crippen molar-refractivity contribution in [3.8, 4) is 0 Å². The number of nitrogens with one attached hydrogen (secondary N) is 1. The van der Waals surface area contributed by atoms with Crippen LogP contribution in [0.1, 0.15) is 23.2 Å². The van der Waals surface area contributed by atoms with E-state index in [1.54, 1.807) is 0 Å². The molecular formula is C16H21N3O6S. The van der Waals surface area contributed by atoms with E-state index in [0.29, 0.717) is 12.2 Å². The lowest BCUT2D eigenvalue weighted by Crippen LogP contribution is -2.48. The first-order valence-electron chi connectivity index (χ1n) is 7.77. The Morgan fingerprint density at radius 2 is 2.08 bits per heavy atom. The van der Waals surface area contributed by atoms with Crippen molar-refractivity contribution in [2.45, 2.75) is 18.9 Å². The van der Waals surface area contributed by atoms with E-state index in [1.807, 2.05) is 6.26 Å². The molecule has 0 bridgehead atoms. The van der Waals surface area contributed by atoms with Gasteiger partial charge in [0.25, 0.3) is 11.6 Å². The number of carboxylic acids is 1. The second-order valence-electron chi connectivity index (χ2n) is 5.52. The van der Waals surface area contributed by atoms with Gasteiger partial charge in [-0.05, 0) is 24.5 Å². The van der Waals surface area contributed by atoms with Crippen molar-refractivity contribution < 1.29 is 24.4 Å². The van der Waals surface area contributed by atoms with Gasteiger partial charge >= 0.3 is 5.97 Å². The first-order valence-corrected chi connectivity index (χ1v) is 9.16. The Hall–Kier alpha value is -2.62. The molecule has 0 aliphatic heterocycles. The molecule has 2 amide bonds. The number of hydrogen-bond acceptors (Lipinski definition) is 6. The zero-order valence-electron chi connectivity index (χ0n) is 14.5. The van der Waals surface area contributed by atoms with Gasteiger partial charge in [0.1, 0.15) is 6.04 Å². The fraction of sp³-hybridized carbons (Fsp3) is 0.438. The van der Waals surface area contributed by atoms with Crippen molar-refractivity contribution in [2.24, 2.45) is 0 Å². The topological polar surface area (TPSA) is 130 Å². The number of hydrogen-bond donors (Lipinski definition) is 2. The van der Waals surface area contributed by atoms with Gasteiger partial charge in [-0.3, -0.25) is 24.5 Å². The Morgan fingerprint density at radius 1 is 1.38 bits per heavy atom. The SMILES string of the molecule is CSCCC(NC(=O)c1cccc([N+](=O)[O-])c1)C(=O)N(C)CCC(=O)O. The minimum absolute atomic E-state index is 0.0244. The van der Waals surface area contributed by atoms with Gasteiger partial charge in [-0.25, -0.2) is 0 Å². The Morgan fingerprint density at radius 3 is 2.65 bits per heavy atom. The van der Waals surface area contributed by atoms with Crippen LogP contribution in [0.25, 0.3) is 0 Å². The highest BCUT2D eigenvalue weighted by Crippen LogP contribution is 2.14. The van der Waals surface area contributed by atoms with Gasteiger partial charge in [0.15, 0.2) is 0 Å². The third kappa shape index (κ3) is 6.71. The van der Waals surface area contributed by atoms with Crippen LogP contribution in [0.4, 0.5) is 5.69 Å². The number of nitro benzene ring substituents is 1. The molecule has 0 aliphatic rings. The van der Waals surface area contributed by atoms with Crippen LogP contribution in [0, 0.1) is 10.1 Å². The van der Waals surface area contributed by atoms with Gasteiger partial charge in [0.05, 0.1) is 11.3 Å². The molecule has 0 saturated carbocycles. The average molecular weight is 383 g/mol. The Kier molecular flexibility index (Phi) is 8.56. The summed E-state index contributed by atoms with van der Waals surface area (Å²) in [6.07, 6.45) is 2.02. The van der Waals surface area contributed by atoms with Crippen LogP contribution < -0.4 is 5.32 Å². The van der Waals surface area contributed by atoms with Crippen molar-refractivity contribution in [1.82, 2.24) is 10.2 Å². The second kappa shape index (κ2) is 10.4. The van der Waals surface area contributed by atoms with Crippen LogP contribution in [0.3, 0.4) is 0 Å². The highest BCUT2D eigenvalue weighted by molar-refractivity contribution is 7.98. The minimum atomic E-state index is -1.02. The number of carbonyl (C=O) groups is 3. The van der Waals surface area contributed by atoms with E-state index in [4.69, 9.17) is 5.11 Å². The van der Waals surface area contributed by atoms with Crippen molar-refractivity contribution in [2.75, 3.05) is 25.6 Å². The zero-order chi connectivity index (χ0) is 19.7. The van der Waals surface area contributed by atoms with Gasteiger partial charge in [-0.2, -0.15) is 11.8 Å². The van der Waals surface area contributed by atoms with E-state index in [0.717, 1.165) is 6.07 Å². The zero-order valence-corrected chi connectivity index (χ0v) is 15.3. The number of likely N-dealkylation sites (N-methyl/N-ethyl adjacent to an activating group) is 1. The molecule has 1 aromatic carbocycles. The number of carboxylic acid groups (broad SMARTS) is 1.